The van der Waals surface area contributed by atoms with Gasteiger partial charge in [0.25, 0.3) is 0 Å². The number of aromatic nitrogens is 1. The maximum absolute atomic E-state index is 12.2. The topological polar surface area (TPSA) is 63.2 Å². The molecular formula is C21H27N3O2. The molecule has 0 radical (unpaired) electrons. The number of ether oxygens (including phenoxy) is 1. The predicted molar refractivity (Wildman–Crippen MR) is 103 cm³/mol. The third kappa shape index (κ3) is 5.38. The normalized spacial score (nSPS) is 20.0. The van der Waals surface area contributed by atoms with Crippen molar-refractivity contribution in [2.75, 3.05) is 18.4 Å². The number of hydrogen-bond acceptors (Lipinski definition) is 4. The summed E-state index contributed by atoms with van der Waals surface area (Å²) in [4.78, 5) is 16.6. The van der Waals surface area contributed by atoms with Crippen LogP contribution in [0.3, 0.4) is 0 Å². The summed E-state index contributed by atoms with van der Waals surface area (Å²) < 4.78 is 5.77. The molecule has 2 aromatic rings. The first-order valence-corrected chi connectivity index (χ1v) is 9.17. The Morgan fingerprint density at radius 1 is 1.15 bits per heavy atom. The van der Waals surface area contributed by atoms with Gasteiger partial charge >= 0.3 is 0 Å². The van der Waals surface area contributed by atoms with Gasteiger partial charge in [0, 0.05) is 30.2 Å². The number of nitrogens with one attached hydrogen (secondary N) is 2. The second-order valence-corrected chi connectivity index (χ2v) is 7.11. The molecule has 2 unspecified atom stereocenters. The molecule has 1 aliphatic heterocycles. The molecule has 0 spiro atoms. The number of benzene rings is 1. The van der Waals surface area contributed by atoms with Crippen LogP contribution in [0, 0.1) is 13.8 Å². The van der Waals surface area contributed by atoms with Gasteiger partial charge in [-0.3, -0.25) is 9.78 Å². The molecule has 1 amide bonds. The Labute approximate surface area is 155 Å². The van der Waals surface area contributed by atoms with Crippen LogP contribution in [0.2, 0.25) is 0 Å². The molecule has 5 nitrogen and oxygen atoms in total. The summed E-state index contributed by atoms with van der Waals surface area (Å²) in [6.07, 6.45) is 1.32. The molecule has 0 bridgehead atoms. The van der Waals surface area contributed by atoms with E-state index in [1.807, 2.05) is 32.9 Å². The summed E-state index contributed by atoms with van der Waals surface area (Å²) in [5, 5.41) is 6.24. The summed E-state index contributed by atoms with van der Waals surface area (Å²) in [6.45, 7) is 7.61. The van der Waals surface area contributed by atoms with Crippen LogP contribution in [0.25, 0.3) is 0 Å². The van der Waals surface area contributed by atoms with E-state index in [0.717, 1.165) is 36.6 Å². The third-order valence-corrected chi connectivity index (χ3v) is 4.43. The van der Waals surface area contributed by atoms with Crippen LogP contribution in [0.4, 0.5) is 5.69 Å². The van der Waals surface area contributed by atoms with Crippen molar-refractivity contribution in [1.29, 1.82) is 0 Å². The van der Waals surface area contributed by atoms with Gasteiger partial charge in [-0.15, -0.1) is 0 Å². The molecule has 5 heteroatoms. The van der Waals surface area contributed by atoms with Crippen LogP contribution in [0.1, 0.15) is 35.9 Å². The second-order valence-electron chi connectivity index (χ2n) is 7.11. The number of amides is 1. The summed E-state index contributed by atoms with van der Waals surface area (Å²) in [5.41, 5.74) is 5.36. The summed E-state index contributed by atoms with van der Waals surface area (Å²) in [6, 6.07) is 12.3. The van der Waals surface area contributed by atoms with Crippen LogP contribution in [-0.4, -0.2) is 36.2 Å². The highest BCUT2D eigenvalue weighted by molar-refractivity contribution is 5.91. The van der Waals surface area contributed by atoms with Crippen molar-refractivity contribution in [3.05, 3.63) is 58.9 Å². The first kappa shape index (κ1) is 18.5. The molecular weight excluding hydrogens is 326 g/mol. The van der Waals surface area contributed by atoms with Crippen LogP contribution in [-0.2, 0) is 16.0 Å². The number of aryl methyl sites for hydroxylation is 2. The minimum atomic E-state index is -0.0591. The van der Waals surface area contributed by atoms with Crippen LogP contribution < -0.4 is 10.6 Å². The van der Waals surface area contributed by atoms with Crippen molar-refractivity contribution in [3.63, 3.8) is 0 Å². The largest absolute Gasteiger partial charge is 0.372 e. The van der Waals surface area contributed by atoms with Gasteiger partial charge in [0.1, 0.15) is 0 Å². The maximum Gasteiger partial charge on any atom is 0.227 e. The van der Waals surface area contributed by atoms with E-state index in [0.29, 0.717) is 6.42 Å². The van der Waals surface area contributed by atoms with E-state index in [-0.39, 0.29) is 18.1 Å². The number of morpholine rings is 1. The molecule has 2 N–H and O–H groups in total. The first-order valence-electron chi connectivity index (χ1n) is 9.17. The molecule has 3 rings (SSSR count). The lowest BCUT2D eigenvalue weighted by molar-refractivity contribution is -0.121. The monoisotopic (exact) mass is 353 g/mol. The van der Waals surface area contributed by atoms with Gasteiger partial charge in [0.05, 0.1) is 18.6 Å². The number of carbonyl (C=O) groups excluding carboxylic acids is 1. The smallest absolute Gasteiger partial charge is 0.227 e. The lowest BCUT2D eigenvalue weighted by Crippen LogP contribution is -2.44. The molecule has 1 aromatic carbocycles. The average Bonchev–Trinajstić information content (AvgIpc) is 2.55. The zero-order valence-electron chi connectivity index (χ0n) is 15.7. The lowest BCUT2D eigenvalue weighted by Gasteiger charge is -2.28. The van der Waals surface area contributed by atoms with E-state index < -0.39 is 0 Å². The second kappa shape index (κ2) is 8.43. The highest BCUT2D eigenvalue weighted by Gasteiger charge is 2.21. The van der Waals surface area contributed by atoms with Crippen molar-refractivity contribution >= 4 is 11.6 Å². The van der Waals surface area contributed by atoms with Gasteiger partial charge in [-0.05, 0) is 62.6 Å². The Balaban J connectivity index is 1.54. The fourth-order valence-corrected chi connectivity index (χ4v) is 3.38. The van der Waals surface area contributed by atoms with Crippen LogP contribution in [0.5, 0.6) is 0 Å². The molecule has 0 aliphatic carbocycles. The van der Waals surface area contributed by atoms with E-state index in [1.165, 1.54) is 11.1 Å². The van der Waals surface area contributed by atoms with Crippen molar-refractivity contribution in [1.82, 2.24) is 10.3 Å². The van der Waals surface area contributed by atoms with Crippen LogP contribution in [0.15, 0.2) is 36.4 Å². The molecule has 0 saturated carbocycles. The zero-order chi connectivity index (χ0) is 18.5. The number of hydrogen-bond donors (Lipinski definition) is 2. The Kier molecular flexibility index (Phi) is 6.01. The highest BCUT2D eigenvalue weighted by atomic mass is 16.5. The van der Waals surface area contributed by atoms with Gasteiger partial charge in [-0.2, -0.15) is 0 Å². The number of nitrogens with zero attached hydrogens (tertiary/aromatic N) is 1. The average molecular weight is 353 g/mol. The summed E-state index contributed by atoms with van der Waals surface area (Å²) >= 11 is 0. The highest BCUT2D eigenvalue weighted by Crippen LogP contribution is 2.16. The van der Waals surface area contributed by atoms with Gasteiger partial charge < -0.3 is 15.4 Å². The summed E-state index contributed by atoms with van der Waals surface area (Å²) in [5.74, 6) is -0.0148. The molecule has 1 aliphatic rings. The SMILES string of the molecule is Cc1cc(Cc2ccc(NC(=O)CC3CNCC(C)O3)cc2)cc(C)n1. The van der Waals surface area contributed by atoms with Gasteiger partial charge in [-0.25, -0.2) is 0 Å². The van der Waals surface area contributed by atoms with E-state index in [9.17, 15) is 4.79 Å². The van der Waals surface area contributed by atoms with E-state index in [4.69, 9.17) is 4.74 Å². The Hall–Kier alpha value is -2.24. The minimum absolute atomic E-state index is 0.0148. The number of pyridine rings is 1. The Morgan fingerprint density at radius 3 is 2.50 bits per heavy atom. The minimum Gasteiger partial charge on any atom is -0.372 e. The van der Waals surface area contributed by atoms with E-state index in [2.05, 4.69) is 39.9 Å². The van der Waals surface area contributed by atoms with Gasteiger partial charge in [0.15, 0.2) is 0 Å². The zero-order valence-corrected chi connectivity index (χ0v) is 15.7. The fourth-order valence-electron chi connectivity index (χ4n) is 3.38. The molecule has 2 atom stereocenters. The van der Waals surface area contributed by atoms with Crippen LogP contribution >= 0.6 is 0 Å². The molecule has 1 fully saturated rings. The number of rotatable bonds is 5. The molecule has 1 aromatic heterocycles. The standard InChI is InChI=1S/C21H27N3O2/c1-14-8-18(9-15(2)23-14)10-17-4-6-19(7-5-17)24-21(25)11-20-13-22-12-16(3)26-20/h4-9,16,20,22H,10-13H2,1-3H3,(H,24,25). The number of anilines is 1. The molecule has 2 heterocycles. The Morgan fingerprint density at radius 2 is 1.85 bits per heavy atom. The predicted octanol–water partition coefficient (Wildman–Crippen LogP) is 2.99. The molecule has 26 heavy (non-hydrogen) atoms. The van der Waals surface area contributed by atoms with Crippen molar-refractivity contribution in [2.24, 2.45) is 0 Å². The van der Waals surface area contributed by atoms with Gasteiger partial charge in [0.2, 0.25) is 5.91 Å². The van der Waals surface area contributed by atoms with Crippen molar-refractivity contribution in [2.45, 2.75) is 45.8 Å². The van der Waals surface area contributed by atoms with E-state index >= 15 is 0 Å². The maximum atomic E-state index is 12.2. The summed E-state index contributed by atoms with van der Waals surface area (Å²) in [7, 11) is 0. The quantitative estimate of drug-likeness (QED) is 0.867. The number of carbonyl (C=O) groups is 1. The van der Waals surface area contributed by atoms with Crippen molar-refractivity contribution in [3.8, 4) is 0 Å². The van der Waals surface area contributed by atoms with Gasteiger partial charge in [-0.1, -0.05) is 12.1 Å². The Bertz CT molecular complexity index is 738. The van der Waals surface area contributed by atoms with E-state index in [1.54, 1.807) is 0 Å². The third-order valence-electron chi connectivity index (χ3n) is 4.43. The molecule has 1 saturated heterocycles. The first-order chi connectivity index (χ1) is 12.5. The molecule has 138 valence electrons. The fraction of sp³-hybridized carbons (Fsp3) is 0.429. The lowest BCUT2D eigenvalue weighted by atomic mass is 10.0. The van der Waals surface area contributed by atoms with Crippen molar-refractivity contribution < 1.29 is 9.53 Å².